The van der Waals surface area contributed by atoms with E-state index in [0.717, 1.165) is 40.1 Å². The van der Waals surface area contributed by atoms with Gasteiger partial charge < -0.3 is 15.0 Å². The van der Waals surface area contributed by atoms with Gasteiger partial charge in [0.2, 0.25) is 11.8 Å². The van der Waals surface area contributed by atoms with E-state index < -0.39 is 53.0 Å². The molecule has 13 heteroatoms. The smallest absolute Gasteiger partial charge is 0.305 e. The summed E-state index contributed by atoms with van der Waals surface area (Å²) in [7, 11) is 0. The van der Waals surface area contributed by atoms with Crippen LogP contribution in [0.3, 0.4) is 0 Å². The van der Waals surface area contributed by atoms with Gasteiger partial charge in [-0.25, -0.2) is 13.7 Å². The number of anilines is 2. The van der Waals surface area contributed by atoms with Crippen molar-refractivity contribution in [1.82, 2.24) is 4.98 Å². The molecule has 0 bridgehead atoms. The fourth-order valence-corrected chi connectivity index (χ4v) is 7.65. The molecular formula is C28H18ClF2N3O5S2. The number of H-pyrrole nitrogens is 1. The monoisotopic (exact) mass is 613 g/mol. The average Bonchev–Trinajstić information content (AvgIpc) is 3.44. The van der Waals surface area contributed by atoms with Gasteiger partial charge in [-0.2, -0.15) is 0 Å². The Morgan fingerprint density at radius 2 is 1.66 bits per heavy atom. The zero-order valence-corrected chi connectivity index (χ0v) is 23.1. The summed E-state index contributed by atoms with van der Waals surface area (Å²) in [4.78, 5) is 56.4. The van der Waals surface area contributed by atoms with E-state index in [9.17, 15) is 28.0 Å². The van der Waals surface area contributed by atoms with Crippen LogP contribution in [0.25, 0.3) is 0 Å². The summed E-state index contributed by atoms with van der Waals surface area (Å²) in [5, 5.41) is 2.49. The highest BCUT2D eigenvalue weighted by molar-refractivity contribution is 8.00. The first kappa shape index (κ1) is 27.2. The molecule has 2 N–H and O–H groups in total. The molecule has 3 heterocycles. The van der Waals surface area contributed by atoms with Crippen LogP contribution >= 0.6 is 34.7 Å². The predicted molar refractivity (Wildman–Crippen MR) is 151 cm³/mol. The Kier molecular flexibility index (Phi) is 7.14. The Hall–Kier alpha value is -4.00. The van der Waals surface area contributed by atoms with Gasteiger partial charge in [-0.15, -0.1) is 0 Å². The Labute approximate surface area is 244 Å². The lowest BCUT2D eigenvalue weighted by Crippen LogP contribution is -2.32. The molecule has 0 spiro atoms. The summed E-state index contributed by atoms with van der Waals surface area (Å²) < 4.78 is 32.7. The number of rotatable bonds is 6. The summed E-state index contributed by atoms with van der Waals surface area (Å²) >= 11 is 8.37. The van der Waals surface area contributed by atoms with Crippen LogP contribution in [0.15, 0.2) is 76.6 Å². The Morgan fingerprint density at radius 3 is 2.37 bits per heavy atom. The van der Waals surface area contributed by atoms with E-state index in [2.05, 4.69) is 10.3 Å². The molecule has 3 amide bonds. The second-order valence-corrected chi connectivity index (χ2v) is 11.9. The third kappa shape index (κ3) is 5.14. The lowest BCUT2D eigenvalue weighted by atomic mass is 9.82. The van der Waals surface area contributed by atoms with E-state index >= 15 is 0 Å². The van der Waals surface area contributed by atoms with Gasteiger partial charge in [0, 0.05) is 27.1 Å². The summed E-state index contributed by atoms with van der Waals surface area (Å²) in [6, 6.07) is 15.0. The molecule has 8 nitrogen and oxygen atoms in total. The normalized spacial score (nSPS) is 19.6. The van der Waals surface area contributed by atoms with Crippen molar-refractivity contribution in [2.24, 2.45) is 5.92 Å². The van der Waals surface area contributed by atoms with E-state index in [0.29, 0.717) is 26.2 Å². The van der Waals surface area contributed by atoms with E-state index in [1.807, 2.05) is 0 Å². The minimum Gasteiger partial charge on any atom is -0.483 e. The maximum atomic E-state index is 13.9. The molecule has 0 radical (unpaired) electrons. The van der Waals surface area contributed by atoms with Crippen LogP contribution in [0.2, 0.25) is 5.02 Å². The molecule has 2 aliphatic rings. The number of nitrogens with zero attached hydrogens (tertiary/aromatic N) is 1. The van der Waals surface area contributed by atoms with Crippen molar-refractivity contribution in [2.45, 2.75) is 16.2 Å². The zero-order chi connectivity index (χ0) is 28.8. The topological polar surface area (TPSA) is 109 Å². The van der Waals surface area contributed by atoms with Crippen molar-refractivity contribution in [3.05, 3.63) is 103 Å². The van der Waals surface area contributed by atoms with Crippen molar-refractivity contribution in [3.63, 3.8) is 0 Å². The fraction of sp³-hybridized carbons (Fsp3) is 0.143. The molecule has 6 rings (SSSR count). The van der Waals surface area contributed by atoms with Gasteiger partial charge in [-0.05, 0) is 66.7 Å². The maximum Gasteiger partial charge on any atom is 0.305 e. The molecule has 0 unspecified atom stereocenters. The first-order chi connectivity index (χ1) is 19.7. The van der Waals surface area contributed by atoms with Gasteiger partial charge in [-0.1, -0.05) is 34.7 Å². The van der Waals surface area contributed by atoms with Crippen molar-refractivity contribution in [1.29, 1.82) is 0 Å². The fourth-order valence-electron chi connectivity index (χ4n) is 4.96. The third-order valence-corrected chi connectivity index (χ3v) is 9.34. The number of ether oxygens (including phenoxy) is 1. The van der Waals surface area contributed by atoms with Gasteiger partial charge >= 0.3 is 4.87 Å². The van der Waals surface area contributed by atoms with Gasteiger partial charge in [0.25, 0.3) is 5.91 Å². The van der Waals surface area contributed by atoms with Gasteiger partial charge in [-0.3, -0.25) is 19.2 Å². The van der Waals surface area contributed by atoms with Crippen molar-refractivity contribution < 1.29 is 27.9 Å². The van der Waals surface area contributed by atoms with Crippen molar-refractivity contribution in [3.8, 4) is 5.75 Å². The number of hydrogen-bond acceptors (Lipinski definition) is 7. The van der Waals surface area contributed by atoms with E-state index in [-0.39, 0.29) is 16.3 Å². The number of thiazole rings is 1. The van der Waals surface area contributed by atoms with Crippen molar-refractivity contribution in [2.75, 3.05) is 16.8 Å². The molecule has 0 aliphatic carbocycles. The molecule has 3 atom stereocenters. The van der Waals surface area contributed by atoms with Crippen LogP contribution in [-0.2, 0) is 14.4 Å². The second kappa shape index (κ2) is 10.8. The Balaban J connectivity index is 1.36. The molecule has 0 saturated carbocycles. The lowest BCUT2D eigenvalue weighted by Gasteiger charge is -2.31. The number of amides is 3. The lowest BCUT2D eigenvalue weighted by molar-refractivity contribution is -0.122. The first-order valence-electron chi connectivity index (χ1n) is 12.2. The number of halogens is 3. The summed E-state index contributed by atoms with van der Waals surface area (Å²) in [6.45, 7) is -0.424. The van der Waals surface area contributed by atoms with Crippen LogP contribution in [0.1, 0.15) is 16.4 Å². The molecule has 1 saturated heterocycles. The molecule has 1 fully saturated rings. The highest BCUT2D eigenvalue weighted by Crippen LogP contribution is 2.54. The van der Waals surface area contributed by atoms with Crippen LogP contribution in [-0.4, -0.2) is 34.6 Å². The maximum absolute atomic E-state index is 13.9. The zero-order valence-electron chi connectivity index (χ0n) is 20.7. The number of imide groups is 1. The molecule has 41 heavy (non-hydrogen) atoms. The number of thioether (sulfide) groups is 1. The number of fused-ring (bicyclic) bond motifs is 2. The van der Waals surface area contributed by atoms with Crippen LogP contribution in [0.5, 0.6) is 5.75 Å². The standard InChI is InChI=1S/C28H18ClF2N3O5S2/c29-13-1-10-19(39-12-20(35)32-16-6-2-14(30)3-7-16)18(11-13)21-22-24(40-25-23(21)41-28(38)33-25)27(37)34(26(22)36)17-8-4-15(31)5-9-17/h1-11,21-22,24H,12H2,(H,32,35)(H,33,38)/t21-,22-,24+/m0/s1. The quantitative estimate of drug-likeness (QED) is 0.290. The molecule has 2 aliphatic heterocycles. The molecule has 3 aromatic carbocycles. The summed E-state index contributed by atoms with van der Waals surface area (Å²) in [5.74, 6) is -4.01. The highest BCUT2D eigenvalue weighted by atomic mass is 35.5. The van der Waals surface area contributed by atoms with E-state index in [1.165, 1.54) is 36.4 Å². The highest BCUT2D eigenvalue weighted by Gasteiger charge is 2.56. The number of hydrogen-bond donors (Lipinski definition) is 2. The van der Waals surface area contributed by atoms with Crippen LogP contribution in [0.4, 0.5) is 20.2 Å². The molecule has 208 valence electrons. The van der Waals surface area contributed by atoms with Gasteiger partial charge in [0.1, 0.15) is 22.6 Å². The number of nitrogens with one attached hydrogen (secondary N) is 2. The summed E-state index contributed by atoms with van der Waals surface area (Å²) in [5.41, 5.74) is 1.02. The Morgan fingerprint density at radius 1 is 0.976 bits per heavy atom. The molecular weight excluding hydrogens is 596 g/mol. The predicted octanol–water partition coefficient (Wildman–Crippen LogP) is 5.18. The minimum absolute atomic E-state index is 0.228. The number of aromatic amines is 1. The van der Waals surface area contributed by atoms with E-state index in [4.69, 9.17) is 16.3 Å². The van der Waals surface area contributed by atoms with Gasteiger partial charge in [0.05, 0.1) is 16.6 Å². The van der Waals surface area contributed by atoms with Gasteiger partial charge in [0.15, 0.2) is 6.61 Å². The van der Waals surface area contributed by atoms with Crippen LogP contribution in [0, 0.1) is 17.6 Å². The number of carbonyl (C=O) groups excluding carboxylic acids is 3. The largest absolute Gasteiger partial charge is 0.483 e. The molecule has 1 aromatic heterocycles. The second-order valence-electron chi connectivity index (χ2n) is 9.26. The SMILES string of the molecule is O=C(COc1ccc(Cl)cc1[C@@H]1c2sc(=O)[nH]c2S[C@H]2C(=O)N(c3ccc(F)cc3)C(=O)[C@@H]12)Nc1ccc(F)cc1. The summed E-state index contributed by atoms with van der Waals surface area (Å²) in [6.07, 6.45) is 0. The minimum atomic E-state index is -0.939. The average molecular weight is 614 g/mol. The number of aromatic nitrogens is 1. The molecule has 4 aromatic rings. The number of carbonyl (C=O) groups is 3. The van der Waals surface area contributed by atoms with Crippen LogP contribution < -0.4 is 19.8 Å². The van der Waals surface area contributed by atoms with Crippen molar-refractivity contribution >= 4 is 63.8 Å². The third-order valence-electron chi connectivity index (χ3n) is 6.70. The Bertz CT molecular complexity index is 1740. The number of benzene rings is 3. The first-order valence-corrected chi connectivity index (χ1v) is 14.3. The van der Waals surface area contributed by atoms with E-state index in [1.54, 1.807) is 18.2 Å².